The summed E-state index contributed by atoms with van der Waals surface area (Å²) in [5, 5.41) is 3.36. The molecule has 3 atom stereocenters. The van der Waals surface area contributed by atoms with Gasteiger partial charge in [-0.3, -0.25) is 4.79 Å². The summed E-state index contributed by atoms with van der Waals surface area (Å²) < 4.78 is 30.0. The van der Waals surface area contributed by atoms with Gasteiger partial charge in [-0.2, -0.15) is 4.99 Å². The molecule has 2 aromatic carbocycles. The minimum Gasteiger partial charge on any atom is -0.444 e. The molecule has 4 rings (SSSR count). The lowest BCUT2D eigenvalue weighted by molar-refractivity contribution is -0.119. The SMILES string of the molecule is CC(C)(C)OC(=O)N[C@@H](Cc1ccccc1)C(=O)N=C1S[C@H]2CS(=O)(=O)C[C@@H]2N1c1ccc(Cl)cc1. The molecule has 2 amide bonds. The average molecular weight is 550 g/mol. The van der Waals surface area contributed by atoms with Crippen LogP contribution in [-0.4, -0.2) is 60.0 Å². The van der Waals surface area contributed by atoms with E-state index in [9.17, 15) is 18.0 Å². The highest BCUT2D eigenvalue weighted by atomic mass is 35.5. The van der Waals surface area contributed by atoms with Crippen molar-refractivity contribution in [3.63, 3.8) is 0 Å². The van der Waals surface area contributed by atoms with E-state index in [1.165, 1.54) is 11.8 Å². The number of fused-ring (bicyclic) bond motifs is 1. The number of sulfone groups is 1. The number of hydrogen-bond donors (Lipinski definition) is 1. The van der Waals surface area contributed by atoms with Crippen LogP contribution in [0.5, 0.6) is 0 Å². The van der Waals surface area contributed by atoms with Crippen LogP contribution in [-0.2, 0) is 25.8 Å². The Labute approximate surface area is 220 Å². The summed E-state index contributed by atoms with van der Waals surface area (Å²) in [6.45, 7) is 5.23. The molecule has 1 N–H and O–H groups in total. The van der Waals surface area contributed by atoms with Crippen molar-refractivity contribution in [3.05, 3.63) is 65.2 Å². The fraction of sp³-hybridized carbons (Fsp3) is 0.400. The molecule has 0 aliphatic carbocycles. The van der Waals surface area contributed by atoms with E-state index in [2.05, 4.69) is 10.3 Å². The van der Waals surface area contributed by atoms with Crippen LogP contribution in [0.3, 0.4) is 0 Å². The highest BCUT2D eigenvalue weighted by Gasteiger charge is 2.49. The number of amides is 2. The lowest BCUT2D eigenvalue weighted by Crippen LogP contribution is -2.45. The summed E-state index contributed by atoms with van der Waals surface area (Å²) in [5.41, 5.74) is 0.817. The summed E-state index contributed by atoms with van der Waals surface area (Å²) >= 11 is 7.32. The molecule has 0 radical (unpaired) electrons. The molecule has 192 valence electrons. The third kappa shape index (κ3) is 6.60. The van der Waals surface area contributed by atoms with Gasteiger partial charge in [0.2, 0.25) is 0 Å². The van der Waals surface area contributed by atoms with Crippen molar-refractivity contribution < 1.29 is 22.7 Å². The summed E-state index contributed by atoms with van der Waals surface area (Å²) in [6, 6.07) is 15.0. The van der Waals surface area contributed by atoms with E-state index in [4.69, 9.17) is 16.3 Å². The third-order valence-corrected chi connectivity index (χ3v) is 9.11. The predicted octanol–water partition coefficient (Wildman–Crippen LogP) is 4.08. The number of amidine groups is 1. The van der Waals surface area contributed by atoms with Crippen molar-refractivity contribution in [1.82, 2.24) is 5.32 Å². The van der Waals surface area contributed by atoms with Crippen molar-refractivity contribution in [2.45, 2.75) is 50.1 Å². The predicted molar refractivity (Wildman–Crippen MR) is 143 cm³/mol. The minimum atomic E-state index is -3.20. The number of halogens is 1. The number of aliphatic imine (C=N–C) groups is 1. The van der Waals surface area contributed by atoms with Crippen LogP contribution in [0.15, 0.2) is 59.6 Å². The van der Waals surface area contributed by atoms with Gasteiger partial charge in [-0.05, 0) is 50.6 Å². The van der Waals surface area contributed by atoms with E-state index in [0.717, 1.165) is 5.56 Å². The molecule has 2 aliphatic rings. The number of nitrogens with zero attached hydrogens (tertiary/aromatic N) is 2. The molecule has 2 aromatic rings. The quantitative estimate of drug-likeness (QED) is 0.599. The molecule has 2 heterocycles. The van der Waals surface area contributed by atoms with Crippen molar-refractivity contribution in [2.75, 3.05) is 16.4 Å². The van der Waals surface area contributed by atoms with Gasteiger partial charge in [0.1, 0.15) is 11.6 Å². The third-order valence-electron chi connectivity index (χ3n) is 5.65. The minimum absolute atomic E-state index is 0.0171. The van der Waals surface area contributed by atoms with E-state index in [-0.39, 0.29) is 29.2 Å². The Morgan fingerprint density at radius 1 is 1.14 bits per heavy atom. The number of hydrogen-bond acceptors (Lipinski definition) is 6. The monoisotopic (exact) mass is 549 g/mol. The van der Waals surface area contributed by atoms with Gasteiger partial charge in [-0.15, -0.1) is 0 Å². The lowest BCUT2D eigenvalue weighted by atomic mass is 10.1. The maximum absolute atomic E-state index is 13.4. The standard InChI is InChI=1S/C25H28ClN3O5S2/c1-25(2,3)34-24(31)27-19(13-16-7-5-4-6-8-16)22(30)28-23-29(18-11-9-17(26)10-12-18)20-14-36(32,33)15-21(20)35-23/h4-12,19-21H,13-15H2,1-3H3,(H,27,31)/t19-,20-,21-/m0/s1. The Balaban J connectivity index is 1.64. The van der Waals surface area contributed by atoms with Crippen molar-refractivity contribution in [1.29, 1.82) is 0 Å². The van der Waals surface area contributed by atoms with Gasteiger partial charge in [0, 0.05) is 22.4 Å². The molecule has 2 aliphatic heterocycles. The maximum atomic E-state index is 13.4. The zero-order valence-corrected chi connectivity index (χ0v) is 22.6. The summed E-state index contributed by atoms with van der Waals surface area (Å²) in [7, 11) is -3.20. The molecular formula is C25H28ClN3O5S2. The zero-order chi connectivity index (χ0) is 26.1. The molecule has 0 spiro atoms. The highest BCUT2D eigenvalue weighted by Crippen LogP contribution is 2.41. The first-order valence-electron chi connectivity index (χ1n) is 11.5. The highest BCUT2D eigenvalue weighted by molar-refractivity contribution is 8.16. The number of carbonyl (C=O) groups is 2. The molecular weight excluding hydrogens is 522 g/mol. The zero-order valence-electron chi connectivity index (χ0n) is 20.2. The molecule has 11 heteroatoms. The maximum Gasteiger partial charge on any atom is 0.408 e. The molecule has 0 bridgehead atoms. The van der Waals surface area contributed by atoms with Crippen LogP contribution in [0.25, 0.3) is 0 Å². The van der Waals surface area contributed by atoms with Crippen LogP contribution >= 0.6 is 23.4 Å². The molecule has 0 saturated carbocycles. The first kappa shape index (κ1) is 26.5. The van der Waals surface area contributed by atoms with Crippen LogP contribution in [0.4, 0.5) is 10.5 Å². The smallest absolute Gasteiger partial charge is 0.408 e. The summed E-state index contributed by atoms with van der Waals surface area (Å²) in [4.78, 5) is 32.2. The molecule has 0 aromatic heterocycles. The fourth-order valence-electron chi connectivity index (χ4n) is 4.14. The van der Waals surface area contributed by atoms with Gasteiger partial charge in [-0.25, -0.2) is 13.2 Å². The van der Waals surface area contributed by atoms with Gasteiger partial charge in [0.25, 0.3) is 5.91 Å². The van der Waals surface area contributed by atoms with E-state index < -0.39 is 33.5 Å². The van der Waals surface area contributed by atoms with Gasteiger partial charge >= 0.3 is 6.09 Å². The number of alkyl carbamates (subject to hydrolysis) is 1. The van der Waals surface area contributed by atoms with Crippen LogP contribution < -0.4 is 10.2 Å². The second kappa shape index (κ2) is 10.4. The number of ether oxygens (including phenoxy) is 1. The summed E-state index contributed by atoms with van der Waals surface area (Å²) in [6.07, 6.45) is -0.490. The number of anilines is 1. The summed E-state index contributed by atoms with van der Waals surface area (Å²) in [5.74, 6) is -0.554. The molecule has 36 heavy (non-hydrogen) atoms. The van der Waals surface area contributed by atoms with E-state index in [0.29, 0.717) is 15.9 Å². The molecule has 2 saturated heterocycles. The molecule has 0 unspecified atom stereocenters. The van der Waals surface area contributed by atoms with Crippen LogP contribution in [0, 0.1) is 0 Å². The van der Waals surface area contributed by atoms with Crippen molar-refractivity contribution >= 4 is 56.1 Å². The Bertz CT molecular complexity index is 1260. The molecule has 2 fully saturated rings. The Hall–Kier alpha value is -2.56. The topological polar surface area (TPSA) is 105 Å². The number of nitrogens with one attached hydrogen (secondary N) is 1. The van der Waals surface area contributed by atoms with Gasteiger partial charge in [0.15, 0.2) is 15.0 Å². The number of thioether (sulfide) groups is 1. The fourth-order valence-corrected chi connectivity index (χ4v) is 8.19. The van der Waals surface area contributed by atoms with Crippen molar-refractivity contribution in [3.8, 4) is 0 Å². The van der Waals surface area contributed by atoms with E-state index in [1.54, 1.807) is 49.9 Å². The number of carbonyl (C=O) groups excluding carboxylic acids is 2. The lowest BCUT2D eigenvalue weighted by Gasteiger charge is -2.25. The van der Waals surface area contributed by atoms with Gasteiger partial charge in [0.05, 0.1) is 17.5 Å². The first-order chi connectivity index (χ1) is 16.9. The Kier molecular flexibility index (Phi) is 7.68. The normalized spacial score (nSPS) is 22.8. The van der Waals surface area contributed by atoms with E-state index >= 15 is 0 Å². The number of rotatable bonds is 5. The first-order valence-corrected chi connectivity index (χ1v) is 14.6. The second-order valence-corrected chi connectivity index (χ2v) is 13.6. The average Bonchev–Trinajstić information content (AvgIpc) is 3.24. The Morgan fingerprint density at radius 3 is 2.44 bits per heavy atom. The van der Waals surface area contributed by atoms with Crippen LogP contribution in [0.1, 0.15) is 26.3 Å². The molecule has 8 nitrogen and oxygen atoms in total. The second-order valence-electron chi connectivity index (χ2n) is 9.77. The van der Waals surface area contributed by atoms with Crippen molar-refractivity contribution in [2.24, 2.45) is 4.99 Å². The van der Waals surface area contributed by atoms with Gasteiger partial charge < -0.3 is 15.0 Å². The largest absolute Gasteiger partial charge is 0.444 e. The van der Waals surface area contributed by atoms with Crippen LogP contribution in [0.2, 0.25) is 5.02 Å². The van der Waals surface area contributed by atoms with E-state index in [1.807, 2.05) is 30.3 Å². The Morgan fingerprint density at radius 2 is 1.81 bits per heavy atom. The van der Waals surface area contributed by atoms with Gasteiger partial charge in [-0.1, -0.05) is 53.7 Å². The number of benzene rings is 2.